The van der Waals surface area contributed by atoms with Crippen LogP contribution in [0.3, 0.4) is 0 Å². The first-order valence-electron chi connectivity index (χ1n) is 5.34. The average Bonchev–Trinajstić information content (AvgIpc) is 2.73. The van der Waals surface area contributed by atoms with Crippen LogP contribution in [0.5, 0.6) is 0 Å². The van der Waals surface area contributed by atoms with Crippen molar-refractivity contribution < 1.29 is 9.84 Å². The average molecular weight is 233 g/mol. The smallest absolute Gasteiger partial charge is 0.166 e. The minimum absolute atomic E-state index is 0.130. The maximum absolute atomic E-state index is 9.09. The van der Waals surface area contributed by atoms with E-state index in [0.717, 1.165) is 5.56 Å². The molecular weight excluding hydrogens is 218 g/mol. The molecule has 0 bridgehead atoms. The van der Waals surface area contributed by atoms with E-state index >= 15 is 0 Å². The van der Waals surface area contributed by atoms with E-state index in [1.807, 2.05) is 37.4 Å². The molecular formula is C12H15N3O2. The number of benzene rings is 1. The van der Waals surface area contributed by atoms with Gasteiger partial charge in [0.1, 0.15) is 12.7 Å². The van der Waals surface area contributed by atoms with Gasteiger partial charge in [0.05, 0.1) is 0 Å². The van der Waals surface area contributed by atoms with Crippen molar-refractivity contribution in [1.29, 1.82) is 0 Å². The summed E-state index contributed by atoms with van der Waals surface area (Å²) in [6, 6.07) is 9.80. The summed E-state index contributed by atoms with van der Waals surface area (Å²) < 4.78 is 7.21. The van der Waals surface area contributed by atoms with E-state index in [2.05, 4.69) is 10.2 Å². The number of aliphatic hydroxyl groups is 1. The molecule has 0 amide bonds. The van der Waals surface area contributed by atoms with Gasteiger partial charge in [0.2, 0.25) is 0 Å². The normalized spacial score (nSPS) is 12.6. The van der Waals surface area contributed by atoms with E-state index in [9.17, 15) is 0 Å². The molecule has 1 N–H and O–H groups in total. The molecule has 0 aliphatic heterocycles. The van der Waals surface area contributed by atoms with Gasteiger partial charge in [-0.2, -0.15) is 0 Å². The largest absolute Gasteiger partial charge is 0.388 e. The predicted molar refractivity (Wildman–Crippen MR) is 62.2 cm³/mol. The zero-order valence-corrected chi connectivity index (χ0v) is 9.87. The van der Waals surface area contributed by atoms with E-state index < -0.39 is 0 Å². The van der Waals surface area contributed by atoms with Crippen molar-refractivity contribution >= 4 is 0 Å². The highest BCUT2D eigenvalue weighted by atomic mass is 16.5. The third-order valence-electron chi connectivity index (χ3n) is 2.71. The lowest BCUT2D eigenvalue weighted by molar-refractivity contribution is 0.126. The highest BCUT2D eigenvalue weighted by Gasteiger charge is 2.20. The second-order valence-corrected chi connectivity index (χ2v) is 3.72. The zero-order chi connectivity index (χ0) is 12.3. The molecule has 1 aromatic carbocycles. The Bertz CT molecular complexity index is 482. The summed E-state index contributed by atoms with van der Waals surface area (Å²) in [4.78, 5) is 0. The van der Waals surface area contributed by atoms with Crippen LogP contribution < -0.4 is 0 Å². The van der Waals surface area contributed by atoms with Crippen LogP contribution in [0.1, 0.15) is 23.3 Å². The van der Waals surface area contributed by atoms with E-state index in [1.165, 1.54) is 0 Å². The number of ether oxygens (including phenoxy) is 1. The molecule has 5 nitrogen and oxygen atoms in total. The van der Waals surface area contributed by atoms with Crippen LogP contribution in [0.4, 0.5) is 0 Å². The number of rotatable bonds is 4. The first kappa shape index (κ1) is 11.8. The molecule has 0 saturated heterocycles. The summed E-state index contributed by atoms with van der Waals surface area (Å²) in [5.74, 6) is 1.21. The lowest BCUT2D eigenvalue weighted by Crippen LogP contribution is -2.11. The highest BCUT2D eigenvalue weighted by Crippen LogP contribution is 2.23. The van der Waals surface area contributed by atoms with E-state index in [4.69, 9.17) is 9.84 Å². The summed E-state index contributed by atoms with van der Waals surface area (Å²) in [5.41, 5.74) is 1.01. The maximum atomic E-state index is 9.09. The number of hydrogen-bond donors (Lipinski definition) is 1. The molecule has 1 atom stereocenters. The lowest BCUT2D eigenvalue weighted by atomic mass is 10.1. The van der Waals surface area contributed by atoms with Crippen LogP contribution in [0.25, 0.3) is 0 Å². The van der Waals surface area contributed by atoms with Gasteiger partial charge in [-0.3, -0.25) is 0 Å². The minimum atomic E-state index is -0.269. The van der Waals surface area contributed by atoms with Gasteiger partial charge in [-0.25, -0.2) is 0 Å². The van der Waals surface area contributed by atoms with Crippen LogP contribution in [0.15, 0.2) is 30.3 Å². The molecule has 0 aliphatic carbocycles. The first-order valence-corrected chi connectivity index (χ1v) is 5.34. The van der Waals surface area contributed by atoms with Crippen molar-refractivity contribution in [2.45, 2.75) is 12.7 Å². The second-order valence-electron chi connectivity index (χ2n) is 3.72. The number of nitrogens with zero attached hydrogens (tertiary/aromatic N) is 3. The minimum Gasteiger partial charge on any atom is -0.388 e. The molecule has 5 heteroatoms. The Hall–Kier alpha value is -1.72. The van der Waals surface area contributed by atoms with Crippen LogP contribution in [0.2, 0.25) is 0 Å². The second kappa shape index (κ2) is 5.07. The Morgan fingerprint density at radius 3 is 2.53 bits per heavy atom. The topological polar surface area (TPSA) is 60.2 Å². The molecule has 2 aromatic rings. The maximum Gasteiger partial charge on any atom is 0.166 e. The fraction of sp³-hybridized carbons (Fsp3) is 0.333. The summed E-state index contributed by atoms with van der Waals surface area (Å²) in [7, 11) is 3.45. The van der Waals surface area contributed by atoms with Crippen LogP contribution in [-0.2, 0) is 18.4 Å². The molecule has 0 fully saturated rings. The monoisotopic (exact) mass is 233 g/mol. The third kappa shape index (κ3) is 2.20. The Morgan fingerprint density at radius 1 is 1.29 bits per heavy atom. The molecule has 1 unspecified atom stereocenters. The standard InChI is InChI=1S/C12H15N3O2/c1-15-10(8-16)13-14-12(15)11(17-2)9-6-4-3-5-7-9/h3-7,11,16H,8H2,1-2H3. The molecule has 1 aromatic heterocycles. The van der Waals surface area contributed by atoms with Crippen molar-refractivity contribution in [2.75, 3.05) is 7.11 Å². The van der Waals surface area contributed by atoms with Gasteiger partial charge in [-0.1, -0.05) is 30.3 Å². The summed E-state index contributed by atoms with van der Waals surface area (Å²) >= 11 is 0. The molecule has 90 valence electrons. The molecule has 0 aliphatic rings. The summed E-state index contributed by atoms with van der Waals surface area (Å²) in [5, 5.41) is 17.1. The Morgan fingerprint density at radius 2 is 2.00 bits per heavy atom. The van der Waals surface area contributed by atoms with Gasteiger partial charge in [-0.15, -0.1) is 10.2 Å². The number of methoxy groups -OCH3 is 1. The van der Waals surface area contributed by atoms with Crippen molar-refractivity contribution in [2.24, 2.45) is 7.05 Å². The lowest BCUT2D eigenvalue weighted by Gasteiger charge is -2.14. The highest BCUT2D eigenvalue weighted by molar-refractivity contribution is 5.23. The number of aliphatic hydroxyl groups excluding tert-OH is 1. The third-order valence-corrected chi connectivity index (χ3v) is 2.71. The van der Waals surface area contributed by atoms with Gasteiger partial charge in [-0.05, 0) is 5.56 Å². The van der Waals surface area contributed by atoms with Gasteiger partial charge in [0.25, 0.3) is 0 Å². The number of aromatic nitrogens is 3. The van der Waals surface area contributed by atoms with Crippen LogP contribution >= 0.6 is 0 Å². The van der Waals surface area contributed by atoms with Crippen molar-refractivity contribution in [3.05, 3.63) is 47.5 Å². The fourth-order valence-corrected chi connectivity index (χ4v) is 1.76. The van der Waals surface area contributed by atoms with E-state index in [0.29, 0.717) is 11.6 Å². The van der Waals surface area contributed by atoms with Crippen LogP contribution in [-0.4, -0.2) is 27.0 Å². The molecule has 0 spiro atoms. The van der Waals surface area contributed by atoms with Gasteiger partial charge >= 0.3 is 0 Å². The zero-order valence-electron chi connectivity index (χ0n) is 9.87. The van der Waals surface area contributed by atoms with Crippen LogP contribution in [0, 0.1) is 0 Å². The van der Waals surface area contributed by atoms with Crippen molar-refractivity contribution in [1.82, 2.24) is 14.8 Å². The molecule has 2 rings (SSSR count). The molecule has 0 saturated carbocycles. The Labute approximate surface area is 99.7 Å². The summed E-state index contributed by atoms with van der Waals surface area (Å²) in [6.07, 6.45) is -0.269. The van der Waals surface area contributed by atoms with Gasteiger partial charge in [0.15, 0.2) is 11.6 Å². The predicted octanol–water partition coefficient (Wildman–Crippen LogP) is 1.04. The van der Waals surface area contributed by atoms with Gasteiger partial charge < -0.3 is 14.4 Å². The molecule has 17 heavy (non-hydrogen) atoms. The Balaban J connectivity index is 2.39. The molecule has 1 heterocycles. The van der Waals surface area contributed by atoms with Crippen molar-refractivity contribution in [3.63, 3.8) is 0 Å². The molecule has 0 radical (unpaired) electrons. The van der Waals surface area contributed by atoms with E-state index in [-0.39, 0.29) is 12.7 Å². The SMILES string of the molecule is COC(c1ccccc1)c1nnc(CO)n1C. The Kier molecular flexibility index (Phi) is 3.51. The number of hydrogen-bond acceptors (Lipinski definition) is 4. The van der Waals surface area contributed by atoms with Crippen molar-refractivity contribution in [3.8, 4) is 0 Å². The summed E-state index contributed by atoms with van der Waals surface area (Å²) in [6.45, 7) is -0.130. The van der Waals surface area contributed by atoms with E-state index in [1.54, 1.807) is 11.7 Å². The quantitative estimate of drug-likeness (QED) is 0.857. The first-order chi connectivity index (χ1) is 8.27. The van der Waals surface area contributed by atoms with Gasteiger partial charge in [0, 0.05) is 14.2 Å². The fourth-order valence-electron chi connectivity index (χ4n) is 1.76.